The Morgan fingerprint density at radius 2 is 1.95 bits per heavy atom. The van der Waals surface area contributed by atoms with Crippen LogP contribution in [0.4, 0.5) is 0 Å². The lowest BCUT2D eigenvalue weighted by atomic mass is 9.54. The standard InChI is InChI=1S/C20H28O/c1-13(2)15-12-17(21)20(5)11-10-19(4)9-8-14(3)6-7-16(19)18(15)20/h8,10-13,16,18H,6-7,9H2,1-5H3/t16-,18-,19-,20-/m1/s1. The molecule has 0 aromatic heterocycles. The lowest BCUT2D eigenvalue weighted by Gasteiger charge is -2.48. The summed E-state index contributed by atoms with van der Waals surface area (Å²) in [6.45, 7) is 11.3. The zero-order valence-electron chi connectivity index (χ0n) is 14.1. The average molecular weight is 284 g/mol. The maximum atomic E-state index is 12.6. The van der Waals surface area contributed by atoms with E-state index in [0.717, 1.165) is 6.42 Å². The molecule has 1 heteroatoms. The number of fused-ring (bicyclic) bond motifs is 3. The summed E-state index contributed by atoms with van der Waals surface area (Å²) in [4.78, 5) is 12.6. The topological polar surface area (TPSA) is 17.1 Å². The van der Waals surface area contributed by atoms with Crippen LogP contribution in [0.5, 0.6) is 0 Å². The predicted octanol–water partition coefficient (Wildman–Crippen LogP) is 5.10. The largest absolute Gasteiger partial charge is 0.294 e. The van der Waals surface area contributed by atoms with Gasteiger partial charge in [-0.2, -0.15) is 0 Å². The van der Waals surface area contributed by atoms with Gasteiger partial charge in [0.2, 0.25) is 0 Å². The van der Waals surface area contributed by atoms with Crippen molar-refractivity contribution in [2.45, 2.75) is 53.9 Å². The van der Waals surface area contributed by atoms with Gasteiger partial charge in [0.15, 0.2) is 5.78 Å². The Balaban J connectivity index is 2.09. The third-order valence-electron chi connectivity index (χ3n) is 6.30. The molecule has 0 fully saturated rings. The van der Waals surface area contributed by atoms with Crippen LogP contribution in [-0.4, -0.2) is 5.78 Å². The highest BCUT2D eigenvalue weighted by molar-refractivity contribution is 6.00. The highest BCUT2D eigenvalue weighted by Crippen LogP contribution is 2.59. The maximum Gasteiger partial charge on any atom is 0.165 e. The molecule has 0 bridgehead atoms. The summed E-state index contributed by atoms with van der Waals surface area (Å²) in [5.74, 6) is 1.78. The van der Waals surface area contributed by atoms with E-state index in [1.54, 1.807) is 0 Å². The van der Waals surface area contributed by atoms with Crippen LogP contribution in [-0.2, 0) is 4.79 Å². The monoisotopic (exact) mass is 284 g/mol. The predicted molar refractivity (Wildman–Crippen MR) is 87.9 cm³/mol. The van der Waals surface area contributed by atoms with Crippen molar-refractivity contribution in [1.29, 1.82) is 0 Å². The van der Waals surface area contributed by atoms with Crippen LogP contribution in [0, 0.1) is 28.6 Å². The third-order valence-corrected chi connectivity index (χ3v) is 6.30. The quantitative estimate of drug-likeness (QED) is 0.612. The summed E-state index contributed by atoms with van der Waals surface area (Å²) < 4.78 is 0. The van der Waals surface area contributed by atoms with E-state index >= 15 is 0 Å². The SMILES string of the molecule is CC1=CC[C@]2(C)C=C[C@]3(C)C(=O)C=C(C(C)C)[C@@H]3[C@H]2CC1. The van der Waals surface area contributed by atoms with Crippen molar-refractivity contribution < 1.29 is 4.79 Å². The number of rotatable bonds is 1. The Kier molecular flexibility index (Phi) is 3.31. The van der Waals surface area contributed by atoms with Crippen LogP contribution in [0.1, 0.15) is 53.9 Å². The molecule has 0 aromatic rings. The Labute approximate surface area is 129 Å². The number of hydrogen-bond donors (Lipinski definition) is 0. The third kappa shape index (κ3) is 2.08. The fourth-order valence-corrected chi connectivity index (χ4v) is 4.72. The van der Waals surface area contributed by atoms with Crippen molar-refractivity contribution in [3.05, 3.63) is 35.5 Å². The molecule has 0 aromatic carbocycles. The normalized spacial score (nSPS) is 42.3. The molecule has 0 spiro atoms. The Morgan fingerprint density at radius 1 is 1.24 bits per heavy atom. The van der Waals surface area contributed by atoms with Crippen molar-refractivity contribution in [2.24, 2.45) is 28.6 Å². The zero-order chi connectivity index (χ0) is 15.4. The molecule has 0 amide bonds. The van der Waals surface area contributed by atoms with Crippen molar-refractivity contribution in [1.82, 2.24) is 0 Å². The summed E-state index contributed by atoms with van der Waals surface area (Å²) in [5, 5.41) is 0. The molecular weight excluding hydrogens is 256 g/mol. The molecule has 3 aliphatic carbocycles. The van der Waals surface area contributed by atoms with E-state index in [0.29, 0.717) is 23.5 Å². The van der Waals surface area contributed by atoms with Gasteiger partial charge < -0.3 is 0 Å². The van der Waals surface area contributed by atoms with E-state index in [2.05, 4.69) is 52.8 Å². The van der Waals surface area contributed by atoms with Crippen LogP contribution < -0.4 is 0 Å². The molecule has 114 valence electrons. The number of ketones is 1. The molecule has 0 saturated carbocycles. The van der Waals surface area contributed by atoms with E-state index < -0.39 is 0 Å². The zero-order valence-corrected chi connectivity index (χ0v) is 14.1. The molecule has 0 N–H and O–H groups in total. The summed E-state index contributed by atoms with van der Waals surface area (Å²) in [5.41, 5.74) is 2.82. The van der Waals surface area contributed by atoms with E-state index in [4.69, 9.17) is 0 Å². The first-order valence-electron chi connectivity index (χ1n) is 8.40. The molecule has 1 nitrogen and oxygen atoms in total. The second-order valence-electron chi connectivity index (χ2n) is 8.16. The smallest absolute Gasteiger partial charge is 0.165 e. The van der Waals surface area contributed by atoms with Gasteiger partial charge in [0.05, 0.1) is 5.41 Å². The van der Waals surface area contributed by atoms with Gasteiger partial charge in [-0.05, 0) is 56.4 Å². The van der Waals surface area contributed by atoms with Gasteiger partial charge in [0.1, 0.15) is 0 Å². The number of hydrogen-bond acceptors (Lipinski definition) is 1. The van der Waals surface area contributed by atoms with E-state index in [9.17, 15) is 4.79 Å². The van der Waals surface area contributed by atoms with Gasteiger partial charge in [0, 0.05) is 5.92 Å². The minimum absolute atomic E-state index is 0.209. The van der Waals surface area contributed by atoms with Crippen molar-refractivity contribution >= 4 is 5.78 Å². The molecule has 0 aliphatic heterocycles. The highest BCUT2D eigenvalue weighted by Gasteiger charge is 2.55. The molecule has 21 heavy (non-hydrogen) atoms. The summed E-state index contributed by atoms with van der Waals surface area (Å²) in [7, 11) is 0. The van der Waals surface area contributed by atoms with Gasteiger partial charge in [-0.15, -0.1) is 0 Å². The van der Waals surface area contributed by atoms with Crippen LogP contribution in [0.2, 0.25) is 0 Å². The van der Waals surface area contributed by atoms with E-state index in [1.165, 1.54) is 24.0 Å². The summed E-state index contributed by atoms with van der Waals surface area (Å²) in [6.07, 6.45) is 12.5. The fourth-order valence-electron chi connectivity index (χ4n) is 4.72. The first kappa shape index (κ1) is 14.8. The summed E-state index contributed by atoms with van der Waals surface area (Å²) in [6, 6.07) is 0. The van der Waals surface area contributed by atoms with Gasteiger partial charge in [-0.25, -0.2) is 0 Å². The van der Waals surface area contributed by atoms with Crippen LogP contribution in [0.3, 0.4) is 0 Å². The molecule has 0 heterocycles. The molecule has 4 atom stereocenters. The van der Waals surface area contributed by atoms with Gasteiger partial charge in [0.25, 0.3) is 0 Å². The lowest BCUT2D eigenvalue weighted by molar-refractivity contribution is -0.123. The van der Waals surface area contributed by atoms with Crippen molar-refractivity contribution in [2.75, 3.05) is 0 Å². The molecule has 3 rings (SSSR count). The van der Waals surface area contributed by atoms with Gasteiger partial charge in [-0.3, -0.25) is 4.79 Å². The minimum Gasteiger partial charge on any atom is -0.294 e. The lowest BCUT2D eigenvalue weighted by Crippen LogP contribution is -2.44. The number of allylic oxidation sites excluding steroid dienone is 6. The van der Waals surface area contributed by atoms with Crippen LogP contribution >= 0.6 is 0 Å². The molecular formula is C20H28O. The Hall–Kier alpha value is -1.11. The molecule has 0 saturated heterocycles. The van der Waals surface area contributed by atoms with E-state index in [-0.39, 0.29) is 10.8 Å². The highest BCUT2D eigenvalue weighted by atomic mass is 16.1. The minimum atomic E-state index is -0.290. The fraction of sp³-hybridized carbons (Fsp3) is 0.650. The Bertz CT molecular complexity index is 562. The van der Waals surface area contributed by atoms with Crippen molar-refractivity contribution in [3.63, 3.8) is 0 Å². The number of carbonyl (C=O) groups excluding carboxylic acids is 1. The maximum absolute atomic E-state index is 12.6. The van der Waals surface area contributed by atoms with Gasteiger partial charge in [-0.1, -0.05) is 50.1 Å². The van der Waals surface area contributed by atoms with Crippen LogP contribution in [0.15, 0.2) is 35.5 Å². The first-order valence-corrected chi connectivity index (χ1v) is 8.40. The molecule has 3 aliphatic rings. The van der Waals surface area contributed by atoms with Crippen molar-refractivity contribution in [3.8, 4) is 0 Å². The van der Waals surface area contributed by atoms with Gasteiger partial charge >= 0.3 is 0 Å². The number of carbonyl (C=O) groups is 1. The molecule has 0 unspecified atom stereocenters. The molecule has 0 radical (unpaired) electrons. The first-order chi connectivity index (χ1) is 9.78. The second kappa shape index (κ2) is 4.69. The second-order valence-corrected chi connectivity index (χ2v) is 8.16. The summed E-state index contributed by atoms with van der Waals surface area (Å²) >= 11 is 0. The Morgan fingerprint density at radius 3 is 2.62 bits per heavy atom. The van der Waals surface area contributed by atoms with E-state index in [1.807, 2.05) is 6.08 Å². The van der Waals surface area contributed by atoms with Crippen LogP contribution in [0.25, 0.3) is 0 Å². The average Bonchev–Trinajstić information content (AvgIpc) is 2.59.